The smallest absolute Gasteiger partial charge is 0.328 e. The van der Waals surface area contributed by atoms with E-state index in [-0.39, 0.29) is 5.78 Å². The first-order chi connectivity index (χ1) is 7.65. The monoisotopic (exact) mass is 282 g/mol. The van der Waals surface area contributed by atoms with Crippen LogP contribution in [0.5, 0.6) is 0 Å². The average molecular weight is 283 g/mol. The molecular formula is C12H11BrO3. The SMILES string of the molecule is O=C(O)/C=C/c1ccccc1C(=O)CCBr. The molecule has 1 aromatic carbocycles. The van der Waals surface area contributed by atoms with Gasteiger partial charge in [-0.3, -0.25) is 4.79 Å². The number of ketones is 1. The topological polar surface area (TPSA) is 54.4 Å². The second-order valence-corrected chi connectivity index (χ2v) is 3.91. The number of hydrogen-bond acceptors (Lipinski definition) is 2. The largest absolute Gasteiger partial charge is 0.478 e. The first-order valence-corrected chi connectivity index (χ1v) is 5.86. The van der Waals surface area contributed by atoms with Gasteiger partial charge in [0.05, 0.1) is 0 Å². The lowest BCUT2D eigenvalue weighted by Gasteiger charge is -2.03. The molecule has 0 aliphatic carbocycles. The first-order valence-electron chi connectivity index (χ1n) is 4.74. The zero-order valence-corrected chi connectivity index (χ0v) is 10.1. The second kappa shape index (κ2) is 6.23. The third-order valence-corrected chi connectivity index (χ3v) is 2.38. The maximum atomic E-state index is 11.7. The predicted octanol–water partition coefficient (Wildman–Crippen LogP) is 2.75. The molecule has 1 rings (SSSR count). The van der Waals surface area contributed by atoms with Crippen LogP contribution in [0.4, 0.5) is 0 Å². The standard InChI is InChI=1S/C12H11BrO3/c13-8-7-11(14)10-4-2-1-3-9(10)5-6-12(15)16/h1-6H,7-8H2,(H,15,16)/b6-5+. The molecule has 0 fully saturated rings. The summed E-state index contributed by atoms with van der Waals surface area (Å²) >= 11 is 3.20. The minimum Gasteiger partial charge on any atom is -0.478 e. The van der Waals surface area contributed by atoms with Crippen molar-refractivity contribution in [2.45, 2.75) is 6.42 Å². The normalized spacial score (nSPS) is 10.6. The van der Waals surface area contributed by atoms with Crippen LogP contribution >= 0.6 is 15.9 Å². The summed E-state index contributed by atoms with van der Waals surface area (Å²) in [6.45, 7) is 0. The maximum absolute atomic E-state index is 11.7. The number of carboxylic acids is 1. The van der Waals surface area contributed by atoms with E-state index < -0.39 is 5.97 Å². The summed E-state index contributed by atoms with van der Waals surface area (Å²) in [6.07, 6.45) is 2.86. The molecule has 0 aliphatic heterocycles. The van der Waals surface area contributed by atoms with Gasteiger partial charge in [-0.25, -0.2) is 4.79 Å². The lowest BCUT2D eigenvalue weighted by atomic mass is 10.0. The quantitative estimate of drug-likeness (QED) is 0.513. The molecule has 16 heavy (non-hydrogen) atoms. The number of alkyl halides is 1. The van der Waals surface area contributed by atoms with Gasteiger partial charge in [-0.05, 0) is 11.6 Å². The molecule has 1 N–H and O–H groups in total. The minimum atomic E-state index is -1.03. The molecule has 0 radical (unpaired) electrons. The Hall–Kier alpha value is -1.42. The Kier molecular flexibility index (Phi) is 4.92. The number of carbonyl (C=O) groups is 2. The van der Waals surface area contributed by atoms with E-state index in [1.54, 1.807) is 24.3 Å². The summed E-state index contributed by atoms with van der Waals surface area (Å²) in [6, 6.07) is 6.96. The van der Waals surface area contributed by atoms with Gasteiger partial charge >= 0.3 is 5.97 Å². The van der Waals surface area contributed by atoms with Crippen molar-refractivity contribution in [3.05, 3.63) is 41.5 Å². The van der Waals surface area contributed by atoms with Gasteiger partial charge in [0.2, 0.25) is 0 Å². The van der Waals surface area contributed by atoms with E-state index in [4.69, 9.17) is 5.11 Å². The summed E-state index contributed by atoms with van der Waals surface area (Å²) in [5.74, 6) is -1.02. The fourth-order valence-corrected chi connectivity index (χ4v) is 1.64. The van der Waals surface area contributed by atoms with Crippen molar-refractivity contribution in [3.63, 3.8) is 0 Å². The van der Waals surface area contributed by atoms with Crippen molar-refractivity contribution in [3.8, 4) is 0 Å². The highest BCUT2D eigenvalue weighted by atomic mass is 79.9. The van der Waals surface area contributed by atoms with Gasteiger partial charge in [-0.2, -0.15) is 0 Å². The zero-order chi connectivity index (χ0) is 12.0. The fraction of sp³-hybridized carbons (Fsp3) is 0.167. The van der Waals surface area contributed by atoms with Crippen LogP contribution in [-0.4, -0.2) is 22.2 Å². The van der Waals surface area contributed by atoms with Crippen LogP contribution in [0.2, 0.25) is 0 Å². The summed E-state index contributed by atoms with van der Waals surface area (Å²) in [5, 5.41) is 9.13. The number of hydrogen-bond donors (Lipinski definition) is 1. The molecule has 0 unspecified atom stereocenters. The molecule has 0 amide bonds. The van der Waals surface area contributed by atoms with E-state index in [0.29, 0.717) is 22.9 Å². The minimum absolute atomic E-state index is 0.00233. The van der Waals surface area contributed by atoms with Gasteiger partial charge in [-0.1, -0.05) is 40.2 Å². The van der Waals surface area contributed by atoms with Crippen LogP contribution in [-0.2, 0) is 4.79 Å². The summed E-state index contributed by atoms with van der Waals surface area (Å²) in [5.41, 5.74) is 1.19. The van der Waals surface area contributed by atoms with Crippen LogP contribution in [0.1, 0.15) is 22.3 Å². The van der Waals surface area contributed by atoms with Crippen LogP contribution in [0.15, 0.2) is 30.3 Å². The second-order valence-electron chi connectivity index (χ2n) is 3.12. The van der Waals surface area contributed by atoms with E-state index in [0.717, 1.165) is 6.08 Å². The van der Waals surface area contributed by atoms with Gasteiger partial charge < -0.3 is 5.11 Å². The van der Waals surface area contributed by atoms with Crippen molar-refractivity contribution in [1.82, 2.24) is 0 Å². The number of benzene rings is 1. The predicted molar refractivity (Wildman–Crippen MR) is 65.9 cm³/mol. The van der Waals surface area contributed by atoms with E-state index in [1.807, 2.05) is 0 Å². The molecule has 3 nitrogen and oxygen atoms in total. The highest BCUT2D eigenvalue weighted by molar-refractivity contribution is 9.09. The molecule has 0 spiro atoms. The maximum Gasteiger partial charge on any atom is 0.328 e. The van der Waals surface area contributed by atoms with Crippen molar-refractivity contribution in [1.29, 1.82) is 0 Å². The van der Waals surface area contributed by atoms with Crippen molar-refractivity contribution in [2.24, 2.45) is 0 Å². The Morgan fingerprint density at radius 1 is 1.31 bits per heavy atom. The highest BCUT2D eigenvalue weighted by Gasteiger charge is 2.08. The number of carboxylic acid groups (broad SMARTS) is 1. The third-order valence-electron chi connectivity index (χ3n) is 1.99. The Morgan fingerprint density at radius 3 is 2.62 bits per heavy atom. The summed E-state index contributed by atoms with van der Waals surface area (Å²) in [4.78, 5) is 22.1. The fourth-order valence-electron chi connectivity index (χ4n) is 1.28. The van der Waals surface area contributed by atoms with Gasteiger partial charge in [-0.15, -0.1) is 0 Å². The lowest BCUT2D eigenvalue weighted by molar-refractivity contribution is -0.131. The van der Waals surface area contributed by atoms with Crippen molar-refractivity contribution >= 4 is 33.8 Å². The first kappa shape index (κ1) is 12.6. The van der Waals surface area contributed by atoms with Crippen molar-refractivity contribution in [2.75, 3.05) is 5.33 Å². The molecule has 0 heterocycles. The molecule has 4 heteroatoms. The van der Waals surface area contributed by atoms with E-state index in [2.05, 4.69) is 15.9 Å². The number of rotatable bonds is 5. The Morgan fingerprint density at radius 2 is 2.00 bits per heavy atom. The average Bonchev–Trinajstić information content (AvgIpc) is 2.27. The number of Topliss-reactive ketones (excluding diaryl/α,β-unsaturated/α-hetero) is 1. The van der Waals surface area contributed by atoms with Crippen LogP contribution in [0, 0.1) is 0 Å². The number of carbonyl (C=O) groups excluding carboxylic acids is 1. The van der Waals surface area contributed by atoms with E-state index in [9.17, 15) is 9.59 Å². The molecule has 0 saturated carbocycles. The summed E-state index contributed by atoms with van der Waals surface area (Å²) in [7, 11) is 0. The summed E-state index contributed by atoms with van der Waals surface area (Å²) < 4.78 is 0. The molecule has 84 valence electrons. The zero-order valence-electron chi connectivity index (χ0n) is 8.52. The Balaban J connectivity index is 3.00. The van der Waals surface area contributed by atoms with Gasteiger partial charge in [0, 0.05) is 23.4 Å². The number of halogens is 1. The number of aliphatic carboxylic acids is 1. The molecule has 1 aromatic rings. The van der Waals surface area contributed by atoms with Crippen molar-refractivity contribution < 1.29 is 14.7 Å². The van der Waals surface area contributed by atoms with Crippen LogP contribution in [0.3, 0.4) is 0 Å². The molecule has 0 saturated heterocycles. The van der Waals surface area contributed by atoms with E-state index >= 15 is 0 Å². The van der Waals surface area contributed by atoms with Gasteiger partial charge in [0.1, 0.15) is 0 Å². The highest BCUT2D eigenvalue weighted by Crippen LogP contribution is 2.13. The van der Waals surface area contributed by atoms with Crippen LogP contribution < -0.4 is 0 Å². The van der Waals surface area contributed by atoms with Gasteiger partial charge in [0.15, 0.2) is 5.78 Å². The Labute approximate surface area is 102 Å². The lowest BCUT2D eigenvalue weighted by Crippen LogP contribution is -2.02. The third kappa shape index (κ3) is 3.62. The van der Waals surface area contributed by atoms with Gasteiger partial charge in [0.25, 0.3) is 0 Å². The van der Waals surface area contributed by atoms with Crippen LogP contribution in [0.25, 0.3) is 6.08 Å². The molecule has 0 aromatic heterocycles. The molecule has 0 atom stereocenters. The molecular weight excluding hydrogens is 272 g/mol. The Bertz CT molecular complexity index is 424. The molecule has 0 aliphatic rings. The molecule has 0 bridgehead atoms. The van der Waals surface area contributed by atoms with E-state index in [1.165, 1.54) is 6.08 Å².